The van der Waals surface area contributed by atoms with Crippen molar-refractivity contribution in [3.8, 4) is 0 Å². The minimum Gasteiger partial charge on any atom is -0.326 e. The molecule has 1 aliphatic heterocycles. The molecule has 1 N–H and O–H groups in total. The van der Waals surface area contributed by atoms with Crippen molar-refractivity contribution in [1.82, 2.24) is 0 Å². The van der Waals surface area contributed by atoms with Gasteiger partial charge in [0.05, 0.1) is 17.7 Å². The molecule has 0 radical (unpaired) electrons. The molecule has 0 atom stereocenters. The molecule has 1 fully saturated rings. The Bertz CT molecular complexity index is 1060. The van der Waals surface area contributed by atoms with E-state index in [1.54, 1.807) is 23.1 Å². The predicted molar refractivity (Wildman–Crippen MR) is 113 cm³/mol. The highest BCUT2D eigenvalue weighted by Gasteiger charge is 2.38. The Labute approximate surface area is 171 Å². The lowest BCUT2D eigenvalue weighted by Crippen LogP contribution is -2.32. The molecule has 0 unspecified atom stereocenters. The average Bonchev–Trinajstić information content (AvgIpc) is 3.41. The first-order valence-corrected chi connectivity index (χ1v) is 11.0. The summed E-state index contributed by atoms with van der Waals surface area (Å²) in [6.07, 6.45) is 2.45. The zero-order valence-corrected chi connectivity index (χ0v) is 16.7. The van der Waals surface area contributed by atoms with Gasteiger partial charge in [-0.1, -0.05) is 30.0 Å². The molecule has 2 aromatic carbocycles. The number of carbonyl (C=O) groups is 2. The van der Waals surface area contributed by atoms with Crippen molar-refractivity contribution >= 4 is 46.3 Å². The summed E-state index contributed by atoms with van der Waals surface area (Å²) in [4.78, 5) is 30.5. The third kappa shape index (κ3) is 3.34. The lowest BCUT2D eigenvalue weighted by molar-refractivity contribution is -0.115. The van der Waals surface area contributed by atoms with E-state index in [1.807, 2.05) is 64.9 Å². The lowest BCUT2D eigenvalue weighted by Gasteiger charge is -2.23. The van der Waals surface area contributed by atoms with Gasteiger partial charge in [0.15, 0.2) is 0 Å². The molecule has 0 bridgehead atoms. The van der Waals surface area contributed by atoms with Crippen LogP contribution in [0.2, 0.25) is 0 Å². The van der Waals surface area contributed by atoms with E-state index in [0.717, 1.165) is 44.4 Å². The molecule has 2 amide bonds. The van der Waals surface area contributed by atoms with Gasteiger partial charge in [0.1, 0.15) is 0 Å². The first-order valence-electron chi connectivity index (χ1n) is 9.26. The van der Waals surface area contributed by atoms with Crippen molar-refractivity contribution < 1.29 is 9.59 Å². The van der Waals surface area contributed by atoms with Crippen LogP contribution in [0.1, 0.15) is 28.1 Å². The highest BCUT2D eigenvalue weighted by atomic mass is 32.2. The summed E-state index contributed by atoms with van der Waals surface area (Å²) in [5, 5.41) is 4.97. The van der Waals surface area contributed by atoms with E-state index in [1.165, 1.54) is 0 Å². The standard InChI is InChI=1S/C22H18N2O2S2/c25-21(13-16-4-3-11-27-16)23-14-7-10-18-20(12-14)28-19-6-2-1-5-17(19)22(26)24(18)15-8-9-15/h1-7,10-12,15H,8-9,13H2,(H,23,25). The van der Waals surface area contributed by atoms with E-state index in [4.69, 9.17) is 0 Å². The quantitative estimate of drug-likeness (QED) is 0.648. The van der Waals surface area contributed by atoms with E-state index in [0.29, 0.717) is 6.42 Å². The molecular formula is C22H18N2O2S2. The molecule has 6 heteroatoms. The van der Waals surface area contributed by atoms with Crippen LogP contribution < -0.4 is 10.2 Å². The zero-order valence-electron chi connectivity index (χ0n) is 15.1. The van der Waals surface area contributed by atoms with Gasteiger partial charge in [0, 0.05) is 26.4 Å². The van der Waals surface area contributed by atoms with Crippen LogP contribution in [0, 0.1) is 0 Å². The van der Waals surface area contributed by atoms with Crippen molar-refractivity contribution in [2.24, 2.45) is 0 Å². The second-order valence-electron chi connectivity index (χ2n) is 6.99. The van der Waals surface area contributed by atoms with E-state index in [9.17, 15) is 9.59 Å². The molecule has 1 aliphatic carbocycles. The van der Waals surface area contributed by atoms with E-state index in [-0.39, 0.29) is 17.9 Å². The molecule has 28 heavy (non-hydrogen) atoms. The maximum atomic E-state index is 13.2. The number of nitrogens with one attached hydrogen (secondary N) is 1. The topological polar surface area (TPSA) is 49.4 Å². The van der Waals surface area contributed by atoms with Gasteiger partial charge in [0.25, 0.3) is 5.91 Å². The van der Waals surface area contributed by atoms with Crippen LogP contribution in [-0.4, -0.2) is 17.9 Å². The summed E-state index contributed by atoms with van der Waals surface area (Å²) in [5.74, 6) is 0.0374. The van der Waals surface area contributed by atoms with Gasteiger partial charge in [-0.25, -0.2) is 0 Å². The largest absolute Gasteiger partial charge is 0.326 e. The molecule has 3 aromatic rings. The number of thiophene rings is 1. The fourth-order valence-electron chi connectivity index (χ4n) is 3.43. The van der Waals surface area contributed by atoms with Crippen LogP contribution in [-0.2, 0) is 11.2 Å². The van der Waals surface area contributed by atoms with Crippen molar-refractivity contribution in [2.75, 3.05) is 10.2 Å². The van der Waals surface area contributed by atoms with Crippen molar-refractivity contribution in [2.45, 2.75) is 35.1 Å². The monoisotopic (exact) mass is 406 g/mol. The maximum Gasteiger partial charge on any atom is 0.259 e. The Balaban J connectivity index is 1.47. The van der Waals surface area contributed by atoms with Crippen LogP contribution >= 0.6 is 23.1 Å². The number of benzene rings is 2. The molecule has 4 nitrogen and oxygen atoms in total. The Morgan fingerprint density at radius 3 is 2.71 bits per heavy atom. The van der Waals surface area contributed by atoms with Crippen molar-refractivity contribution in [1.29, 1.82) is 0 Å². The van der Waals surface area contributed by atoms with Gasteiger partial charge in [-0.3, -0.25) is 9.59 Å². The van der Waals surface area contributed by atoms with Crippen LogP contribution in [0.4, 0.5) is 11.4 Å². The summed E-state index contributed by atoms with van der Waals surface area (Å²) < 4.78 is 0. The van der Waals surface area contributed by atoms with Crippen molar-refractivity contribution in [3.63, 3.8) is 0 Å². The van der Waals surface area contributed by atoms with Gasteiger partial charge in [-0.2, -0.15) is 0 Å². The Morgan fingerprint density at radius 1 is 1.07 bits per heavy atom. The molecular weight excluding hydrogens is 388 g/mol. The molecule has 0 saturated heterocycles. The fraction of sp³-hybridized carbons (Fsp3) is 0.182. The minimum absolute atomic E-state index is 0.0310. The first-order chi connectivity index (χ1) is 13.7. The third-order valence-electron chi connectivity index (χ3n) is 4.89. The number of hydrogen-bond acceptors (Lipinski definition) is 4. The fourth-order valence-corrected chi connectivity index (χ4v) is 5.24. The molecule has 2 aliphatic rings. The number of rotatable bonds is 4. The zero-order chi connectivity index (χ0) is 19.1. The van der Waals surface area contributed by atoms with Gasteiger partial charge in [-0.05, 0) is 54.6 Å². The highest BCUT2D eigenvalue weighted by Crippen LogP contribution is 2.46. The Morgan fingerprint density at radius 2 is 1.93 bits per heavy atom. The number of fused-ring (bicyclic) bond motifs is 2. The Hall–Kier alpha value is -2.57. The van der Waals surface area contributed by atoms with Gasteiger partial charge < -0.3 is 10.2 Å². The van der Waals surface area contributed by atoms with Crippen LogP contribution in [0.3, 0.4) is 0 Å². The smallest absolute Gasteiger partial charge is 0.259 e. The Kier molecular flexibility index (Phi) is 4.45. The minimum atomic E-state index is -0.0310. The van der Waals surface area contributed by atoms with E-state index >= 15 is 0 Å². The second-order valence-corrected chi connectivity index (χ2v) is 9.11. The molecule has 140 valence electrons. The maximum absolute atomic E-state index is 13.2. The number of anilines is 2. The number of hydrogen-bond donors (Lipinski definition) is 1. The number of nitrogens with zero attached hydrogens (tertiary/aromatic N) is 1. The van der Waals surface area contributed by atoms with Gasteiger partial charge in [-0.15, -0.1) is 11.3 Å². The van der Waals surface area contributed by atoms with Gasteiger partial charge in [0.2, 0.25) is 5.91 Å². The molecule has 5 rings (SSSR count). The molecule has 2 heterocycles. The first kappa shape index (κ1) is 17.5. The molecule has 1 saturated carbocycles. The second kappa shape index (κ2) is 7.11. The molecule has 1 aromatic heterocycles. The normalized spacial score (nSPS) is 15.6. The van der Waals surface area contributed by atoms with Crippen LogP contribution in [0.15, 0.2) is 69.8 Å². The number of carbonyl (C=O) groups excluding carboxylic acids is 2. The summed E-state index contributed by atoms with van der Waals surface area (Å²) in [5.41, 5.74) is 2.44. The average molecular weight is 407 g/mol. The third-order valence-corrected chi connectivity index (χ3v) is 6.89. The van der Waals surface area contributed by atoms with Crippen molar-refractivity contribution in [3.05, 3.63) is 70.4 Å². The van der Waals surface area contributed by atoms with Crippen LogP contribution in [0.25, 0.3) is 0 Å². The summed E-state index contributed by atoms with van der Waals surface area (Å²) >= 11 is 3.17. The van der Waals surface area contributed by atoms with Crippen LogP contribution in [0.5, 0.6) is 0 Å². The SMILES string of the molecule is O=C(Cc1cccs1)Nc1ccc2c(c1)Sc1ccccc1C(=O)N2C1CC1. The predicted octanol–water partition coefficient (Wildman–Crippen LogP) is 5.20. The van der Waals surface area contributed by atoms with E-state index < -0.39 is 0 Å². The van der Waals surface area contributed by atoms with Gasteiger partial charge >= 0.3 is 0 Å². The summed E-state index contributed by atoms with van der Waals surface area (Å²) in [7, 11) is 0. The molecule has 0 spiro atoms. The summed E-state index contributed by atoms with van der Waals surface area (Å²) in [6, 6.07) is 17.8. The highest BCUT2D eigenvalue weighted by molar-refractivity contribution is 7.99. The van der Waals surface area contributed by atoms with E-state index in [2.05, 4.69) is 5.32 Å². The number of amides is 2. The summed E-state index contributed by atoms with van der Waals surface area (Å²) in [6.45, 7) is 0. The lowest BCUT2D eigenvalue weighted by atomic mass is 10.1.